The summed E-state index contributed by atoms with van der Waals surface area (Å²) in [5, 5.41) is 0. The van der Waals surface area contributed by atoms with Crippen LogP contribution in [0.4, 0.5) is 0 Å². The van der Waals surface area contributed by atoms with Crippen LogP contribution < -0.4 is 0 Å². The first kappa shape index (κ1) is 29.2. The van der Waals surface area contributed by atoms with Gasteiger partial charge in [0.2, 0.25) is 0 Å². The molecule has 0 amide bonds. The topological polar surface area (TPSA) is 40.5 Å². The Hall–Kier alpha value is 1.07. The second-order valence-electron chi connectivity index (χ2n) is 4.34. The fourth-order valence-corrected chi connectivity index (χ4v) is 0. The van der Waals surface area contributed by atoms with Crippen molar-refractivity contribution in [3.63, 3.8) is 0 Å². The summed E-state index contributed by atoms with van der Waals surface area (Å²) in [4.78, 5) is 17.3. The molecule has 82 valence electrons. The van der Waals surface area contributed by atoms with E-state index in [1.807, 2.05) is 39.3 Å². The Morgan fingerprint density at radius 1 is 0.615 bits per heavy atom. The smallest absolute Gasteiger partial charge is 0.433 e. The molecule has 0 aliphatic heterocycles. The van der Waals surface area contributed by atoms with E-state index in [0.717, 1.165) is 0 Å². The molecule has 0 heterocycles. The monoisotopic (exact) mass is 258 g/mol. The molecule has 5 heteroatoms. The van der Waals surface area contributed by atoms with Crippen molar-refractivity contribution in [3.8, 4) is 0 Å². The summed E-state index contributed by atoms with van der Waals surface area (Å²) in [5.41, 5.74) is 0. The largest absolute Gasteiger partial charge is 2.00 e. The average molecular weight is 258 g/mol. The van der Waals surface area contributed by atoms with Gasteiger partial charge in [0, 0.05) is 0 Å². The minimum absolute atomic E-state index is 0. The maximum atomic E-state index is 8.66. The average Bonchev–Trinajstić information content (AvgIpc) is 1.12. The van der Waals surface area contributed by atoms with Crippen LogP contribution >= 0.6 is 0 Å². The summed E-state index contributed by atoms with van der Waals surface area (Å²) in [6.45, 7) is 11.3. The molecule has 0 radical (unpaired) electrons. The molecule has 2 nitrogen and oxygen atoms in total. The van der Waals surface area contributed by atoms with Gasteiger partial charge in [-0.05, 0) is 39.3 Å². The molecule has 0 unspecified atom stereocenters. The molecule has 13 heavy (non-hydrogen) atoms. The number of hydrogen-bond acceptors (Lipinski definition) is 2. The van der Waals surface area contributed by atoms with Crippen molar-refractivity contribution in [2.75, 3.05) is 0 Å². The third-order valence-electron chi connectivity index (χ3n) is 0. The van der Waals surface area contributed by atoms with Crippen molar-refractivity contribution in [3.05, 3.63) is 14.9 Å². The van der Waals surface area contributed by atoms with Gasteiger partial charge in [0.15, 0.2) is 16.6 Å². The van der Waals surface area contributed by atoms with E-state index in [1.54, 1.807) is 0 Å². The maximum Gasteiger partial charge on any atom is 2.00 e. The van der Waals surface area contributed by atoms with Crippen molar-refractivity contribution in [1.29, 1.82) is 0 Å². The van der Waals surface area contributed by atoms with Gasteiger partial charge in [-0.3, -0.25) is 0 Å². The molecule has 0 spiro atoms. The van der Waals surface area contributed by atoms with Crippen LogP contribution in [0.2, 0.25) is 39.3 Å². The van der Waals surface area contributed by atoms with Gasteiger partial charge in [-0.25, -0.2) is 0 Å². The van der Waals surface area contributed by atoms with Gasteiger partial charge in [0.05, 0.1) is 0 Å². The van der Waals surface area contributed by atoms with E-state index in [4.69, 9.17) is 9.59 Å². The molecule has 0 rings (SSSR count). The molecule has 0 aliphatic rings. The maximum absolute atomic E-state index is 8.66. The third kappa shape index (κ3) is 1400. The Labute approximate surface area is 102 Å². The predicted octanol–water partition coefficient (Wildman–Crippen LogP) is 2.53. The molecule has 0 bridgehead atoms. The Kier molecular flexibility index (Phi) is 25.0. The van der Waals surface area contributed by atoms with Gasteiger partial charge in [0.25, 0.3) is 0 Å². The number of hydrogen-bond donors (Lipinski definition) is 2. The van der Waals surface area contributed by atoms with E-state index >= 15 is 0 Å². The summed E-state index contributed by atoms with van der Waals surface area (Å²) >= 11 is 0. The van der Waals surface area contributed by atoms with Gasteiger partial charge in [-0.15, -0.1) is 0 Å². The van der Waals surface area contributed by atoms with Crippen molar-refractivity contribution >= 4 is 16.6 Å². The van der Waals surface area contributed by atoms with Crippen LogP contribution in [0.15, 0.2) is 0 Å². The summed E-state index contributed by atoms with van der Waals surface area (Å²) in [7, 11) is -3.22. The zero-order valence-corrected chi connectivity index (χ0v) is 14.0. The third-order valence-corrected chi connectivity index (χ3v) is 0. The van der Waals surface area contributed by atoms with Crippen LogP contribution in [0.25, 0.3) is 0 Å². The minimum atomic E-state index is -1.61. The number of rotatable bonds is 0. The van der Waals surface area contributed by atoms with Crippen LogP contribution in [0, 0.1) is 14.9 Å². The Bertz CT molecular complexity index is 63.1. The first-order chi connectivity index (χ1) is 4.00. The molecular formula is C8H26O2Si2Ti. The van der Waals surface area contributed by atoms with Gasteiger partial charge >= 0.3 is 21.7 Å². The molecule has 0 fully saturated rings. The van der Waals surface area contributed by atoms with Gasteiger partial charge < -0.3 is 24.4 Å². The van der Waals surface area contributed by atoms with Crippen LogP contribution in [0.3, 0.4) is 0 Å². The minimum Gasteiger partial charge on any atom is -0.433 e. The van der Waals surface area contributed by atoms with Crippen molar-refractivity contribution in [2.24, 2.45) is 0 Å². The van der Waals surface area contributed by atoms with E-state index in [1.165, 1.54) is 0 Å². The molecule has 0 aromatic heterocycles. The predicted molar refractivity (Wildman–Crippen MR) is 64.0 cm³/mol. The SMILES string of the molecule is C[Si](C)(C)O.C[Si](C)(C)O.[CH3-].[CH3-].[Ti+2]. The van der Waals surface area contributed by atoms with Crippen molar-refractivity contribution in [1.82, 2.24) is 0 Å². The van der Waals surface area contributed by atoms with Gasteiger partial charge in [0.1, 0.15) is 0 Å². The van der Waals surface area contributed by atoms with E-state index in [-0.39, 0.29) is 36.6 Å². The molecule has 0 saturated heterocycles. The first-order valence-electron chi connectivity index (χ1n) is 3.45. The first-order valence-corrected chi connectivity index (χ1v) is 10.3. The summed E-state index contributed by atoms with van der Waals surface area (Å²) < 4.78 is 0. The molecule has 0 saturated carbocycles. The summed E-state index contributed by atoms with van der Waals surface area (Å²) in [6.07, 6.45) is 0. The summed E-state index contributed by atoms with van der Waals surface area (Å²) in [6, 6.07) is 0. The molecule has 2 N–H and O–H groups in total. The molecule has 0 aliphatic carbocycles. The van der Waals surface area contributed by atoms with Crippen LogP contribution in [-0.4, -0.2) is 26.2 Å². The Morgan fingerprint density at radius 2 is 0.615 bits per heavy atom. The van der Waals surface area contributed by atoms with E-state index in [9.17, 15) is 0 Å². The second kappa shape index (κ2) is 11.1. The molecular weight excluding hydrogens is 232 g/mol. The fraction of sp³-hybridized carbons (Fsp3) is 0.750. The normalized spacial score (nSPS) is 9.23. The van der Waals surface area contributed by atoms with Crippen molar-refractivity contribution < 1.29 is 31.3 Å². The van der Waals surface area contributed by atoms with Crippen LogP contribution in [0.1, 0.15) is 0 Å². The fourth-order valence-electron chi connectivity index (χ4n) is 0. The van der Waals surface area contributed by atoms with Crippen molar-refractivity contribution in [2.45, 2.75) is 39.3 Å². The molecule has 0 aromatic rings. The standard InChI is InChI=1S/2C3H10OSi.2CH3.Ti/c2*1-5(2,3)4;;;/h2*4H,1-3H3;2*1H3;/q;;2*-1;+2. The quantitative estimate of drug-likeness (QED) is 0.518. The Morgan fingerprint density at radius 3 is 0.615 bits per heavy atom. The van der Waals surface area contributed by atoms with E-state index in [2.05, 4.69) is 0 Å². The molecule has 0 aromatic carbocycles. The van der Waals surface area contributed by atoms with E-state index in [0.29, 0.717) is 0 Å². The second-order valence-corrected chi connectivity index (χ2v) is 13.0. The zero-order chi connectivity index (χ0) is 9.00. The molecule has 0 atom stereocenters. The van der Waals surface area contributed by atoms with E-state index < -0.39 is 16.6 Å². The van der Waals surface area contributed by atoms with Gasteiger partial charge in [-0.1, -0.05) is 0 Å². The Balaban J connectivity index is -0.0000000267. The van der Waals surface area contributed by atoms with Crippen LogP contribution in [0.5, 0.6) is 0 Å². The van der Waals surface area contributed by atoms with Crippen LogP contribution in [-0.2, 0) is 21.7 Å². The zero-order valence-electron chi connectivity index (χ0n) is 10.4. The van der Waals surface area contributed by atoms with Gasteiger partial charge in [-0.2, -0.15) is 0 Å². The summed E-state index contributed by atoms with van der Waals surface area (Å²) in [5.74, 6) is 0.